The first-order valence-electron chi connectivity index (χ1n) is 17.2. The van der Waals surface area contributed by atoms with Crippen LogP contribution in [0.5, 0.6) is 0 Å². The maximum absolute atomic E-state index is 6.78. The van der Waals surface area contributed by atoms with Crippen LogP contribution in [0.4, 0.5) is 0 Å². The van der Waals surface area contributed by atoms with E-state index in [9.17, 15) is 0 Å². The van der Waals surface area contributed by atoms with Crippen LogP contribution in [-0.2, 0) is 0 Å². The van der Waals surface area contributed by atoms with Crippen molar-refractivity contribution < 1.29 is 8.83 Å². The Balaban J connectivity index is 1.18. The molecule has 7 aromatic carbocycles. The van der Waals surface area contributed by atoms with Gasteiger partial charge in [-0.25, -0.2) is 4.98 Å². The smallest absolute Gasteiger partial charge is 0.163 e. The van der Waals surface area contributed by atoms with E-state index in [2.05, 4.69) is 144 Å². The normalized spacial score (nSPS) is 11.9. The van der Waals surface area contributed by atoms with Gasteiger partial charge in [0.25, 0.3) is 0 Å². The van der Waals surface area contributed by atoms with Gasteiger partial charge in [0.1, 0.15) is 16.7 Å². The third kappa shape index (κ3) is 4.17. The minimum absolute atomic E-state index is 0.826. The monoisotopic (exact) mass is 652 g/mol. The molecule has 0 amide bonds. The van der Waals surface area contributed by atoms with Gasteiger partial charge in [-0.05, 0) is 53.6 Å². The molecule has 238 valence electrons. The quantitative estimate of drug-likeness (QED) is 0.190. The molecule has 0 unspecified atom stereocenters. The summed E-state index contributed by atoms with van der Waals surface area (Å²) in [5.74, 6) is 0. The molecule has 0 aliphatic heterocycles. The van der Waals surface area contributed by atoms with Crippen LogP contribution in [0, 0.1) is 0 Å². The molecule has 0 saturated carbocycles. The first-order valence-corrected chi connectivity index (χ1v) is 17.2. The fourth-order valence-electron chi connectivity index (χ4n) is 7.90. The summed E-state index contributed by atoms with van der Waals surface area (Å²) in [6.07, 6.45) is 0. The van der Waals surface area contributed by atoms with Crippen LogP contribution in [-0.4, -0.2) is 9.55 Å². The summed E-state index contributed by atoms with van der Waals surface area (Å²) in [6.45, 7) is 0. The lowest BCUT2D eigenvalue weighted by molar-refractivity contribution is 0.664. The van der Waals surface area contributed by atoms with E-state index in [1.165, 1.54) is 0 Å². The van der Waals surface area contributed by atoms with Gasteiger partial charge in [-0.3, -0.25) is 0 Å². The van der Waals surface area contributed by atoms with Crippen LogP contribution in [0.25, 0.3) is 105 Å². The lowest BCUT2D eigenvalue weighted by Gasteiger charge is -2.12. The number of pyridine rings is 1. The van der Waals surface area contributed by atoms with E-state index in [4.69, 9.17) is 13.8 Å². The van der Waals surface area contributed by atoms with Gasteiger partial charge in [-0.1, -0.05) is 127 Å². The van der Waals surface area contributed by atoms with Crippen LogP contribution in [0.15, 0.2) is 179 Å². The summed E-state index contributed by atoms with van der Waals surface area (Å²) in [7, 11) is 0. The fraction of sp³-hybridized carbons (Fsp3) is 0. The summed E-state index contributed by atoms with van der Waals surface area (Å²) in [5, 5.41) is 6.56. The van der Waals surface area contributed by atoms with Crippen molar-refractivity contribution in [1.82, 2.24) is 9.55 Å². The number of rotatable bonds is 4. The zero-order chi connectivity index (χ0) is 33.5. The largest absolute Gasteiger partial charge is 0.455 e. The minimum atomic E-state index is 0.826. The van der Waals surface area contributed by atoms with Crippen molar-refractivity contribution in [2.75, 3.05) is 0 Å². The third-order valence-corrected chi connectivity index (χ3v) is 10.2. The second kappa shape index (κ2) is 10.8. The predicted molar refractivity (Wildman–Crippen MR) is 209 cm³/mol. The molecule has 0 N–H and O–H groups in total. The number of hydrogen-bond donors (Lipinski definition) is 0. The van der Waals surface area contributed by atoms with Crippen molar-refractivity contribution in [3.05, 3.63) is 170 Å². The number of fused-ring (bicyclic) bond motifs is 12. The topological polar surface area (TPSA) is 44.1 Å². The van der Waals surface area contributed by atoms with E-state index in [0.717, 1.165) is 105 Å². The van der Waals surface area contributed by atoms with Crippen LogP contribution in [0.2, 0.25) is 0 Å². The second-order valence-electron chi connectivity index (χ2n) is 13.1. The summed E-state index contributed by atoms with van der Waals surface area (Å²) < 4.78 is 15.8. The summed E-state index contributed by atoms with van der Waals surface area (Å²) in [6, 6.07) is 59.3. The van der Waals surface area contributed by atoms with Crippen molar-refractivity contribution in [3.8, 4) is 39.3 Å². The van der Waals surface area contributed by atoms with Crippen molar-refractivity contribution in [1.29, 1.82) is 0 Å². The highest BCUT2D eigenvalue weighted by Crippen LogP contribution is 2.48. The van der Waals surface area contributed by atoms with Crippen molar-refractivity contribution >= 4 is 65.7 Å². The Morgan fingerprint density at radius 2 is 0.922 bits per heavy atom. The van der Waals surface area contributed by atoms with E-state index in [1.807, 2.05) is 30.3 Å². The molecule has 4 heteroatoms. The van der Waals surface area contributed by atoms with Crippen molar-refractivity contribution in [2.24, 2.45) is 0 Å². The molecule has 0 bridgehead atoms. The van der Waals surface area contributed by atoms with Gasteiger partial charge in [0.15, 0.2) is 5.58 Å². The first kappa shape index (κ1) is 28.0. The van der Waals surface area contributed by atoms with Crippen LogP contribution in [0.3, 0.4) is 0 Å². The minimum Gasteiger partial charge on any atom is -0.455 e. The average molecular weight is 653 g/mol. The molecular formula is C47H28N2O2. The van der Waals surface area contributed by atoms with E-state index in [1.54, 1.807) is 0 Å². The molecular weight excluding hydrogens is 625 g/mol. The highest BCUT2D eigenvalue weighted by Gasteiger charge is 2.26. The molecule has 0 saturated heterocycles. The molecule has 0 aliphatic carbocycles. The standard InChI is InChI=1S/C47H28N2O2/c1-3-13-30(14-4-1)37-27-32(28-38(48-37)31-15-5-2-6-16-31)29-23-25-33(26-24-29)49-39-20-10-7-17-34(39)42-43-35-18-8-11-21-40(35)50-46(43)44-36-19-9-12-22-41(36)51-47(44)45(42)49/h1-28H. The molecule has 0 aliphatic rings. The zero-order valence-corrected chi connectivity index (χ0v) is 27.4. The summed E-state index contributed by atoms with van der Waals surface area (Å²) >= 11 is 0. The Labute approximate surface area is 292 Å². The zero-order valence-electron chi connectivity index (χ0n) is 27.4. The maximum Gasteiger partial charge on any atom is 0.163 e. The first-order chi connectivity index (χ1) is 25.3. The molecule has 0 radical (unpaired) electrons. The number of aromatic nitrogens is 2. The molecule has 4 heterocycles. The molecule has 0 spiro atoms. The Morgan fingerprint density at radius 1 is 0.392 bits per heavy atom. The molecule has 4 nitrogen and oxygen atoms in total. The van der Waals surface area contributed by atoms with Gasteiger partial charge in [0.2, 0.25) is 0 Å². The average Bonchev–Trinajstić information content (AvgIpc) is 3.88. The van der Waals surface area contributed by atoms with Crippen LogP contribution < -0.4 is 0 Å². The van der Waals surface area contributed by atoms with E-state index in [-0.39, 0.29) is 0 Å². The number of nitrogens with zero attached hydrogens (tertiary/aromatic N) is 2. The van der Waals surface area contributed by atoms with Crippen molar-refractivity contribution in [2.45, 2.75) is 0 Å². The lowest BCUT2D eigenvalue weighted by atomic mass is 9.99. The van der Waals surface area contributed by atoms with E-state index in [0.29, 0.717) is 0 Å². The Hall–Kier alpha value is -6.91. The maximum atomic E-state index is 6.78. The number of para-hydroxylation sites is 3. The van der Waals surface area contributed by atoms with Gasteiger partial charge in [0.05, 0.1) is 27.8 Å². The Bertz CT molecular complexity index is 3060. The predicted octanol–water partition coefficient (Wildman–Crippen LogP) is 13.0. The van der Waals surface area contributed by atoms with E-state index < -0.39 is 0 Å². The molecule has 4 aromatic heterocycles. The van der Waals surface area contributed by atoms with Crippen molar-refractivity contribution in [3.63, 3.8) is 0 Å². The Morgan fingerprint density at radius 3 is 1.57 bits per heavy atom. The highest BCUT2D eigenvalue weighted by molar-refractivity contribution is 6.38. The summed E-state index contributed by atoms with van der Waals surface area (Å²) in [5.41, 5.74) is 12.9. The van der Waals surface area contributed by atoms with Gasteiger partial charge in [0, 0.05) is 43.7 Å². The van der Waals surface area contributed by atoms with E-state index >= 15 is 0 Å². The molecule has 11 rings (SSSR count). The van der Waals surface area contributed by atoms with Crippen LogP contribution in [0.1, 0.15) is 0 Å². The SMILES string of the molecule is c1ccc(-c2cc(-c3ccc(-n4c5ccccc5c5c6c7ccccc7oc6c6c7ccccc7oc6c54)cc3)cc(-c3ccccc3)n2)cc1. The summed E-state index contributed by atoms with van der Waals surface area (Å²) in [4.78, 5) is 5.09. The lowest BCUT2D eigenvalue weighted by Crippen LogP contribution is -1.95. The molecule has 0 atom stereocenters. The third-order valence-electron chi connectivity index (χ3n) is 10.2. The van der Waals surface area contributed by atoms with Gasteiger partial charge in [-0.15, -0.1) is 0 Å². The second-order valence-corrected chi connectivity index (χ2v) is 13.1. The number of benzene rings is 7. The van der Waals surface area contributed by atoms with Gasteiger partial charge < -0.3 is 13.4 Å². The molecule has 0 fully saturated rings. The highest BCUT2D eigenvalue weighted by atomic mass is 16.3. The molecule has 51 heavy (non-hydrogen) atoms. The van der Waals surface area contributed by atoms with Gasteiger partial charge in [-0.2, -0.15) is 0 Å². The molecule has 11 aromatic rings. The Kier molecular flexibility index (Phi) is 5.92. The fourth-order valence-corrected chi connectivity index (χ4v) is 7.90. The number of hydrogen-bond acceptors (Lipinski definition) is 3. The van der Waals surface area contributed by atoms with Crippen LogP contribution >= 0.6 is 0 Å². The van der Waals surface area contributed by atoms with Gasteiger partial charge >= 0.3 is 0 Å². The number of furan rings is 2.